The molecule has 30 heavy (non-hydrogen) atoms. The summed E-state index contributed by atoms with van der Waals surface area (Å²) in [6, 6.07) is 2.03. The molecule has 1 aromatic heterocycles. The predicted molar refractivity (Wildman–Crippen MR) is 112 cm³/mol. The quantitative estimate of drug-likeness (QED) is 0.467. The summed E-state index contributed by atoms with van der Waals surface area (Å²) >= 11 is 0. The number of aliphatic imine (C=N–C) groups is 1. The van der Waals surface area contributed by atoms with E-state index >= 15 is 0 Å². The summed E-state index contributed by atoms with van der Waals surface area (Å²) in [4.78, 5) is 18.5. The molecule has 168 valence electrons. The number of alkyl halides is 3. The van der Waals surface area contributed by atoms with Crippen LogP contribution in [0.15, 0.2) is 23.3 Å². The Hall–Kier alpha value is -2.09. The summed E-state index contributed by atoms with van der Waals surface area (Å²) in [6.07, 6.45) is 3.51. The van der Waals surface area contributed by atoms with E-state index in [1.54, 1.807) is 6.92 Å². The van der Waals surface area contributed by atoms with Gasteiger partial charge in [0.2, 0.25) is 0 Å². The van der Waals surface area contributed by atoms with E-state index < -0.39 is 11.9 Å². The van der Waals surface area contributed by atoms with E-state index in [-0.39, 0.29) is 18.0 Å². The fourth-order valence-electron chi connectivity index (χ4n) is 3.21. The van der Waals surface area contributed by atoms with E-state index in [0.29, 0.717) is 23.8 Å². The number of carbonyl (C=O) groups excluding carboxylic acids is 1. The van der Waals surface area contributed by atoms with E-state index in [0.717, 1.165) is 43.9 Å². The number of pyridine rings is 1. The third kappa shape index (κ3) is 8.73. The molecule has 1 heterocycles. The fourth-order valence-corrected chi connectivity index (χ4v) is 3.21. The van der Waals surface area contributed by atoms with Gasteiger partial charge in [-0.15, -0.1) is 0 Å². The van der Waals surface area contributed by atoms with Gasteiger partial charge in [-0.3, -0.25) is 15.2 Å². The van der Waals surface area contributed by atoms with Gasteiger partial charge in [-0.2, -0.15) is 13.2 Å². The summed E-state index contributed by atoms with van der Waals surface area (Å²) in [5.41, 5.74) is -0.718. The Morgan fingerprint density at radius 3 is 2.40 bits per heavy atom. The lowest BCUT2D eigenvalue weighted by atomic mass is 9.80. The number of nitrogens with zero attached hydrogens (tertiary/aromatic N) is 2. The molecule has 0 saturated heterocycles. The number of carbonyl (C=O) groups is 1. The van der Waals surface area contributed by atoms with Crippen molar-refractivity contribution in [3.8, 4) is 0 Å². The van der Waals surface area contributed by atoms with Crippen LogP contribution in [-0.2, 0) is 11.0 Å². The first-order valence-corrected chi connectivity index (χ1v) is 10.4. The second kappa shape index (κ2) is 12.6. The monoisotopic (exact) mass is 427 g/mol. The highest BCUT2D eigenvalue weighted by atomic mass is 19.4. The van der Waals surface area contributed by atoms with Crippen LogP contribution in [-0.4, -0.2) is 34.0 Å². The van der Waals surface area contributed by atoms with Gasteiger partial charge < -0.3 is 5.11 Å². The Bertz CT molecular complexity index is 719. The maximum absolute atomic E-state index is 12.4. The molecule has 0 aliphatic heterocycles. The third-order valence-electron chi connectivity index (χ3n) is 5.15. The summed E-state index contributed by atoms with van der Waals surface area (Å²) in [5.74, 6) is 1.47. The summed E-state index contributed by atoms with van der Waals surface area (Å²) in [7, 11) is 0. The van der Waals surface area contributed by atoms with Crippen LogP contribution in [0, 0.1) is 17.2 Å². The van der Waals surface area contributed by atoms with Gasteiger partial charge >= 0.3 is 6.18 Å². The minimum atomic E-state index is -4.55. The molecule has 0 atom stereocenters. The molecule has 0 unspecified atom stereocenters. The summed E-state index contributed by atoms with van der Waals surface area (Å²) in [6.45, 7) is 5.79. The van der Waals surface area contributed by atoms with Gasteiger partial charge in [0.05, 0.1) is 6.61 Å². The molecule has 1 aliphatic carbocycles. The molecule has 0 bridgehead atoms. The van der Waals surface area contributed by atoms with Crippen molar-refractivity contribution < 1.29 is 23.1 Å². The van der Waals surface area contributed by atoms with Crippen LogP contribution in [0.1, 0.15) is 77.0 Å². The van der Waals surface area contributed by atoms with Crippen molar-refractivity contribution in [2.45, 2.75) is 71.9 Å². The van der Waals surface area contributed by atoms with Crippen molar-refractivity contribution in [3.05, 3.63) is 29.6 Å². The first-order valence-electron chi connectivity index (χ1n) is 10.4. The van der Waals surface area contributed by atoms with Crippen molar-refractivity contribution in [2.75, 3.05) is 6.61 Å². The number of halogens is 3. The fraction of sp³-hybridized carbons (Fsp3) is 0.636. The first-order chi connectivity index (χ1) is 14.1. The lowest BCUT2D eigenvalue weighted by molar-refractivity contribution is -0.141. The lowest BCUT2D eigenvalue weighted by Crippen LogP contribution is -2.20. The Kier molecular flexibility index (Phi) is 10.9. The van der Waals surface area contributed by atoms with E-state index in [2.05, 4.69) is 23.8 Å². The van der Waals surface area contributed by atoms with Crippen molar-refractivity contribution in [2.24, 2.45) is 16.8 Å². The van der Waals surface area contributed by atoms with Gasteiger partial charge in [-0.1, -0.05) is 33.6 Å². The maximum Gasteiger partial charge on any atom is 0.433 e. The number of amidine groups is 1. The van der Waals surface area contributed by atoms with Gasteiger partial charge in [0.15, 0.2) is 5.84 Å². The maximum atomic E-state index is 12.4. The number of nitrogens with one attached hydrogen (secondary N) is 1. The lowest BCUT2D eigenvalue weighted by Gasteiger charge is -2.24. The molecule has 0 spiro atoms. The van der Waals surface area contributed by atoms with Crippen LogP contribution in [0.2, 0.25) is 0 Å². The van der Waals surface area contributed by atoms with Crippen LogP contribution in [0.5, 0.6) is 0 Å². The molecule has 8 heteroatoms. The highest BCUT2D eigenvalue weighted by Crippen LogP contribution is 2.29. The highest BCUT2D eigenvalue weighted by molar-refractivity contribution is 6.05. The van der Waals surface area contributed by atoms with Gasteiger partial charge in [-0.05, 0) is 43.7 Å². The Labute approximate surface area is 176 Å². The molecule has 1 aliphatic rings. The minimum Gasteiger partial charge on any atom is -0.390 e. The van der Waals surface area contributed by atoms with Crippen LogP contribution >= 0.6 is 0 Å². The molecule has 5 nitrogen and oxygen atoms in total. The average Bonchev–Trinajstić information content (AvgIpc) is 2.72. The molecular formula is C22H32F3N3O2. The average molecular weight is 428 g/mol. The van der Waals surface area contributed by atoms with Gasteiger partial charge in [-0.25, -0.2) is 4.99 Å². The van der Waals surface area contributed by atoms with Gasteiger partial charge in [0.25, 0.3) is 0 Å². The van der Waals surface area contributed by atoms with Gasteiger partial charge in [0.1, 0.15) is 11.5 Å². The van der Waals surface area contributed by atoms with Crippen LogP contribution < -0.4 is 0 Å². The number of ketones is 1. The number of aliphatic hydroxyl groups is 1. The molecule has 2 rings (SSSR count). The molecule has 1 aromatic rings. The van der Waals surface area contributed by atoms with E-state index in [1.807, 2.05) is 0 Å². The number of aliphatic hydroxyl groups excluding tert-OH is 1. The zero-order valence-corrected chi connectivity index (χ0v) is 17.9. The summed E-state index contributed by atoms with van der Waals surface area (Å²) < 4.78 is 37.3. The van der Waals surface area contributed by atoms with Crippen molar-refractivity contribution in [1.29, 1.82) is 5.41 Å². The second-order valence-corrected chi connectivity index (χ2v) is 7.64. The number of aromatic nitrogens is 1. The number of hydrogen-bond acceptors (Lipinski definition) is 4. The number of rotatable bonds is 6. The molecule has 2 N–H and O–H groups in total. The third-order valence-corrected chi connectivity index (χ3v) is 5.15. The molecular weight excluding hydrogens is 395 g/mol. The van der Waals surface area contributed by atoms with E-state index in [4.69, 9.17) is 10.5 Å². The minimum absolute atomic E-state index is 0.0109. The number of hydrogen-bond donors (Lipinski definition) is 2. The zero-order valence-electron chi connectivity index (χ0n) is 17.9. The SMILES string of the molecule is CCC(CO)=NC(=N)c1ccnc(C(F)(F)F)c1.CCCC(=O)C1CCC(C)CC1. The van der Waals surface area contributed by atoms with Crippen molar-refractivity contribution >= 4 is 17.3 Å². The smallest absolute Gasteiger partial charge is 0.390 e. The van der Waals surface area contributed by atoms with Crippen LogP contribution in [0.25, 0.3) is 0 Å². The molecule has 1 fully saturated rings. The standard InChI is InChI=1S/C11H12F3N3O.C11H20O/c1-2-8(6-18)17-10(15)7-3-4-16-9(5-7)11(12,13)14;1-3-4-11(12)10-7-5-9(2)6-8-10/h3-5,15,18H,2,6H2,1H3;9-10H,3-8H2,1-2H3. The molecule has 1 saturated carbocycles. The Morgan fingerprint density at radius 2 is 1.90 bits per heavy atom. The number of Topliss-reactive ketones (excluding diaryl/α,β-unsaturated/α-hetero) is 1. The molecule has 0 aromatic carbocycles. The van der Waals surface area contributed by atoms with Crippen LogP contribution in [0.3, 0.4) is 0 Å². The first kappa shape index (κ1) is 25.9. The van der Waals surface area contributed by atoms with E-state index in [1.165, 1.54) is 18.9 Å². The van der Waals surface area contributed by atoms with Crippen molar-refractivity contribution in [3.63, 3.8) is 0 Å². The highest BCUT2D eigenvalue weighted by Gasteiger charge is 2.32. The van der Waals surface area contributed by atoms with E-state index in [9.17, 15) is 18.0 Å². The second-order valence-electron chi connectivity index (χ2n) is 7.64. The van der Waals surface area contributed by atoms with Gasteiger partial charge in [0, 0.05) is 29.8 Å². The Balaban J connectivity index is 0.000000325. The topological polar surface area (TPSA) is 86.4 Å². The summed E-state index contributed by atoms with van der Waals surface area (Å²) in [5, 5.41) is 16.5. The van der Waals surface area contributed by atoms with Crippen LogP contribution in [0.4, 0.5) is 13.2 Å². The normalized spacial score (nSPS) is 19.6. The molecule has 0 radical (unpaired) electrons. The Morgan fingerprint density at radius 1 is 1.27 bits per heavy atom. The molecule has 0 amide bonds. The predicted octanol–water partition coefficient (Wildman–Crippen LogP) is 5.45. The zero-order chi connectivity index (χ0) is 22.7. The largest absolute Gasteiger partial charge is 0.433 e. The van der Waals surface area contributed by atoms with Crippen molar-refractivity contribution in [1.82, 2.24) is 4.98 Å².